The fourth-order valence-corrected chi connectivity index (χ4v) is 5.05. The third-order valence-corrected chi connectivity index (χ3v) is 6.91. The number of fused-ring (bicyclic) bond motifs is 3. The van der Waals surface area contributed by atoms with Crippen LogP contribution in [-0.2, 0) is 17.8 Å². The van der Waals surface area contributed by atoms with Crippen LogP contribution in [0.2, 0.25) is 0 Å². The molecule has 0 radical (unpaired) electrons. The maximum Gasteiger partial charge on any atom is 0.339 e. The lowest BCUT2D eigenvalue weighted by Gasteiger charge is -2.13. The van der Waals surface area contributed by atoms with Crippen LogP contribution >= 0.6 is 0 Å². The molecule has 2 aromatic heterocycles. The minimum atomic E-state index is -0.467. The molecule has 1 aliphatic carbocycles. The van der Waals surface area contributed by atoms with Gasteiger partial charge < -0.3 is 9.15 Å². The Morgan fingerprint density at radius 3 is 2.57 bits per heavy atom. The van der Waals surface area contributed by atoms with E-state index in [2.05, 4.69) is 37.3 Å². The van der Waals surface area contributed by atoms with Gasteiger partial charge in [-0.15, -0.1) is 0 Å². The van der Waals surface area contributed by atoms with Gasteiger partial charge in [0, 0.05) is 22.4 Å². The molecule has 0 spiro atoms. The number of carbonyl (C=O) groups is 1. The number of benzene rings is 3. The fraction of sp³-hybridized carbons (Fsp3) is 0.156. The second kappa shape index (κ2) is 9.17. The average molecular weight is 488 g/mol. The zero-order valence-corrected chi connectivity index (χ0v) is 20.7. The highest BCUT2D eigenvalue weighted by Gasteiger charge is 2.27. The van der Waals surface area contributed by atoms with Crippen LogP contribution in [0.3, 0.4) is 0 Å². The fourth-order valence-electron chi connectivity index (χ4n) is 5.05. The van der Waals surface area contributed by atoms with Crippen molar-refractivity contribution >= 4 is 39.5 Å². The quantitative estimate of drug-likeness (QED) is 0.206. The molecule has 6 rings (SSSR count). The summed E-state index contributed by atoms with van der Waals surface area (Å²) in [6.07, 6.45) is 3.67. The van der Waals surface area contributed by atoms with Gasteiger partial charge in [-0.2, -0.15) is 0 Å². The molecule has 0 fully saturated rings. The standard InChI is InChI=1S/C32H25NO4/c1-19-7-10-21(11-8-19)16-22-12-14-26-30(25-5-3-4-6-27(25)33-31(22)26)32(35)36-18-23-17-29(34)37-28-15-20(2)9-13-24(23)28/h3-11,13,15-17H,12,14,18H2,1-2H3. The summed E-state index contributed by atoms with van der Waals surface area (Å²) in [6.45, 7) is 3.98. The number of pyridine rings is 1. The van der Waals surface area contributed by atoms with E-state index in [4.69, 9.17) is 14.1 Å². The Hall–Kier alpha value is -4.51. The van der Waals surface area contributed by atoms with Crippen LogP contribution < -0.4 is 5.63 Å². The van der Waals surface area contributed by atoms with Crippen LogP contribution in [-0.4, -0.2) is 11.0 Å². The zero-order chi connectivity index (χ0) is 25.5. The summed E-state index contributed by atoms with van der Waals surface area (Å²) in [5.41, 5.74) is 8.13. The average Bonchev–Trinajstić information content (AvgIpc) is 3.28. The number of rotatable bonds is 4. The molecular formula is C32H25NO4. The topological polar surface area (TPSA) is 69.4 Å². The second-order valence-corrected chi connectivity index (χ2v) is 9.58. The molecule has 0 bridgehead atoms. The molecule has 5 heteroatoms. The third-order valence-electron chi connectivity index (χ3n) is 6.91. The number of aromatic nitrogens is 1. The largest absolute Gasteiger partial charge is 0.457 e. The van der Waals surface area contributed by atoms with E-state index in [1.165, 1.54) is 11.6 Å². The van der Waals surface area contributed by atoms with Crippen molar-refractivity contribution in [3.05, 3.63) is 122 Å². The molecule has 0 saturated carbocycles. The predicted molar refractivity (Wildman–Crippen MR) is 145 cm³/mol. The molecule has 37 heavy (non-hydrogen) atoms. The van der Waals surface area contributed by atoms with Gasteiger partial charge in [-0.25, -0.2) is 14.6 Å². The summed E-state index contributed by atoms with van der Waals surface area (Å²) in [5.74, 6) is -0.417. The Bertz CT molecular complexity index is 1780. The van der Waals surface area contributed by atoms with E-state index in [-0.39, 0.29) is 6.61 Å². The summed E-state index contributed by atoms with van der Waals surface area (Å²) < 4.78 is 11.2. The van der Waals surface area contributed by atoms with Crippen LogP contribution in [0.1, 0.15) is 50.3 Å². The number of hydrogen-bond donors (Lipinski definition) is 0. The minimum Gasteiger partial charge on any atom is -0.457 e. The van der Waals surface area contributed by atoms with Crippen LogP contribution in [0.25, 0.3) is 33.5 Å². The Balaban J connectivity index is 1.39. The molecule has 1 aliphatic rings. The highest BCUT2D eigenvalue weighted by molar-refractivity contribution is 6.07. The molecule has 0 aliphatic heterocycles. The Morgan fingerprint density at radius 2 is 1.73 bits per heavy atom. The Labute approximate surface area is 214 Å². The van der Waals surface area contributed by atoms with Crippen molar-refractivity contribution in [3.8, 4) is 0 Å². The van der Waals surface area contributed by atoms with Gasteiger partial charge in [-0.3, -0.25) is 0 Å². The molecule has 0 atom stereocenters. The van der Waals surface area contributed by atoms with Crippen LogP contribution in [0.5, 0.6) is 0 Å². The summed E-state index contributed by atoms with van der Waals surface area (Å²) >= 11 is 0. The first kappa shape index (κ1) is 22.9. The Kier molecular flexibility index (Phi) is 5.68. The molecule has 5 nitrogen and oxygen atoms in total. The highest BCUT2D eigenvalue weighted by atomic mass is 16.5. The number of nitrogens with zero attached hydrogens (tertiary/aromatic N) is 1. The number of aryl methyl sites for hydroxylation is 2. The van der Waals surface area contributed by atoms with Crippen molar-refractivity contribution in [3.63, 3.8) is 0 Å². The zero-order valence-electron chi connectivity index (χ0n) is 20.7. The van der Waals surface area contributed by atoms with Crippen molar-refractivity contribution in [2.75, 3.05) is 0 Å². The predicted octanol–water partition coefficient (Wildman–Crippen LogP) is 6.80. The molecule has 0 saturated heterocycles. The van der Waals surface area contributed by atoms with Crippen molar-refractivity contribution in [1.29, 1.82) is 0 Å². The first-order valence-electron chi connectivity index (χ1n) is 12.4. The van der Waals surface area contributed by atoms with Gasteiger partial charge in [-0.1, -0.05) is 60.2 Å². The highest BCUT2D eigenvalue weighted by Crippen LogP contribution is 2.38. The maximum atomic E-state index is 13.6. The van der Waals surface area contributed by atoms with E-state index in [9.17, 15) is 9.59 Å². The van der Waals surface area contributed by atoms with Gasteiger partial charge >= 0.3 is 11.6 Å². The first-order chi connectivity index (χ1) is 18.0. The number of hydrogen-bond acceptors (Lipinski definition) is 5. The van der Waals surface area contributed by atoms with Gasteiger partial charge in [-0.05, 0) is 67.2 Å². The lowest BCUT2D eigenvalue weighted by molar-refractivity contribution is 0.0475. The van der Waals surface area contributed by atoms with Gasteiger partial charge in [0.25, 0.3) is 0 Å². The number of ether oxygens (including phenoxy) is 1. The number of allylic oxidation sites excluding steroid dienone is 1. The minimum absolute atomic E-state index is 0.0263. The van der Waals surface area contributed by atoms with Crippen LogP contribution in [0, 0.1) is 13.8 Å². The molecule has 3 aromatic carbocycles. The SMILES string of the molecule is Cc1ccc(C=C2CCc3c2nc2ccccc2c3C(=O)OCc2cc(=O)oc3cc(C)ccc23)cc1. The molecule has 0 unspecified atom stereocenters. The summed E-state index contributed by atoms with van der Waals surface area (Å²) in [7, 11) is 0. The smallest absolute Gasteiger partial charge is 0.339 e. The van der Waals surface area contributed by atoms with Crippen molar-refractivity contribution in [2.24, 2.45) is 0 Å². The molecular weight excluding hydrogens is 462 g/mol. The molecule has 182 valence electrons. The van der Waals surface area contributed by atoms with E-state index >= 15 is 0 Å². The van der Waals surface area contributed by atoms with Crippen molar-refractivity contribution in [2.45, 2.75) is 33.3 Å². The van der Waals surface area contributed by atoms with E-state index in [1.807, 2.05) is 49.4 Å². The molecule has 2 heterocycles. The molecule has 5 aromatic rings. The third kappa shape index (κ3) is 4.33. The van der Waals surface area contributed by atoms with Crippen molar-refractivity contribution < 1.29 is 13.9 Å². The maximum absolute atomic E-state index is 13.6. The number of carbonyl (C=O) groups excluding carboxylic acids is 1. The van der Waals surface area contributed by atoms with E-state index in [1.54, 1.807) is 0 Å². The van der Waals surface area contributed by atoms with Gasteiger partial charge in [0.15, 0.2) is 0 Å². The van der Waals surface area contributed by atoms with Gasteiger partial charge in [0.1, 0.15) is 12.2 Å². The summed E-state index contributed by atoms with van der Waals surface area (Å²) in [4.78, 5) is 30.7. The second-order valence-electron chi connectivity index (χ2n) is 9.58. The first-order valence-corrected chi connectivity index (χ1v) is 12.4. The monoisotopic (exact) mass is 487 g/mol. The Morgan fingerprint density at radius 1 is 0.946 bits per heavy atom. The van der Waals surface area contributed by atoms with E-state index in [0.717, 1.165) is 50.7 Å². The van der Waals surface area contributed by atoms with Crippen LogP contribution in [0.4, 0.5) is 0 Å². The molecule has 0 amide bonds. The normalized spacial score (nSPS) is 13.8. The lowest BCUT2D eigenvalue weighted by Crippen LogP contribution is -2.11. The van der Waals surface area contributed by atoms with Crippen molar-refractivity contribution in [1.82, 2.24) is 4.98 Å². The van der Waals surface area contributed by atoms with Crippen LogP contribution in [0.15, 0.2) is 82.0 Å². The van der Waals surface area contributed by atoms with Gasteiger partial charge in [0.2, 0.25) is 0 Å². The number of esters is 1. The lowest BCUT2D eigenvalue weighted by atomic mass is 10.0. The number of para-hydroxylation sites is 1. The van der Waals surface area contributed by atoms with E-state index in [0.29, 0.717) is 23.1 Å². The van der Waals surface area contributed by atoms with E-state index < -0.39 is 11.6 Å². The molecule has 0 N–H and O–H groups in total. The summed E-state index contributed by atoms with van der Waals surface area (Å²) in [6, 6.07) is 23.1. The summed E-state index contributed by atoms with van der Waals surface area (Å²) in [5, 5.41) is 1.53. The van der Waals surface area contributed by atoms with Gasteiger partial charge in [0.05, 0.1) is 16.8 Å².